The lowest BCUT2D eigenvalue weighted by Crippen LogP contribution is -2.35. The number of hydrogen-bond acceptors (Lipinski definition) is 4. The molecule has 4 aromatic rings. The molecule has 0 bridgehead atoms. The summed E-state index contributed by atoms with van der Waals surface area (Å²) in [6.45, 7) is 4.23. The fourth-order valence-corrected chi connectivity index (χ4v) is 4.41. The quantitative estimate of drug-likeness (QED) is 0.305. The number of para-hydroxylation sites is 1. The van der Waals surface area contributed by atoms with Gasteiger partial charge in [0.05, 0.1) is 17.3 Å². The monoisotopic (exact) mass is 488 g/mol. The lowest BCUT2D eigenvalue weighted by atomic mass is 10.1. The molecule has 1 fully saturated rings. The number of nitriles is 1. The molecule has 1 N–H and O–H groups in total. The van der Waals surface area contributed by atoms with Gasteiger partial charge in [0.15, 0.2) is 0 Å². The average Bonchev–Trinajstić information content (AvgIpc) is 3.37. The molecule has 7 nitrogen and oxygen atoms in total. The molecule has 37 heavy (non-hydrogen) atoms. The molecular weight excluding hydrogens is 464 g/mol. The first-order valence-corrected chi connectivity index (χ1v) is 11.8. The van der Waals surface area contributed by atoms with Crippen LogP contribution in [0.3, 0.4) is 0 Å². The van der Waals surface area contributed by atoms with E-state index in [2.05, 4.69) is 16.1 Å². The molecule has 1 aromatic heterocycles. The number of anilines is 1. The highest BCUT2D eigenvalue weighted by Gasteiger charge is 2.34. The Labute approximate surface area is 214 Å². The van der Waals surface area contributed by atoms with Crippen molar-refractivity contribution in [3.63, 3.8) is 0 Å². The second kappa shape index (κ2) is 9.88. The Morgan fingerprint density at radius 1 is 0.919 bits per heavy atom. The van der Waals surface area contributed by atoms with Crippen LogP contribution in [0, 0.1) is 25.2 Å². The fraction of sp³-hybridized carbons (Fsp3) is 0.100. The van der Waals surface area contributed by atoms with Gasteiger partial charge in [-0.1, -0.05) is 36.4 Å². The minimum atomic E-state index is -0.432. The lowest BCUT2D eigenvalue weighted by Gasteiger charge is -2.13. The van der Waals surface area contributed by atoms with Crippen LogP contribution in [0.4, 0.5) is 5.69 Å². The summed E-state index contributed by atoms with van der Waals surface area (Å²) in [5.74, 6) is -0.130. The molecule has 182 valence electrons. The molecule has 1 saturated heterocycles. The second-order valence-electron chi connectivity index (χ2n) is 8.69. The third kappa shape index (κ3) is 4.60. The van der Waals surface area contributed by atoms with Crippen molar-refractivity contribution in [3.8, 4) is 17.5 Å². The molecule has 0 spiro atoms. The van der Waals surface area contributed by atoms with Crippen molar-refractivity contribution in [2.24, 2.45) is 0 Å². The number of hydrogen-bond donors (Lipinski definition) is 1. The van der Waals surface area contributed by atoms with Crippen LogP contribution in [-0.4, -0.2) is 16.4 Å². The summed E-state index contributed by atoms with van der Waals surface area (Å²) in [5.41, 5.74) is 8.35. The molecule has 0 atom stereocenters. The van der Waals surface area contributed by atoms with Crippen molar-refractivity contribution < 1.29 is 14.3 Å². The summed E-state index contributed by atoms with van der Waals surface area (Å²) in [7, 11) is 0. The molecule has 2 amide bonds. The Bertz CT molecular complexity index is 1560. The van der Waals surface area contributed by atoms with E-state index in [0.29, 0.717) is 23.6 Å². The molecule has 5 rings (SSSR count). The Morgan fingerprint density at radius 3 is 2.35 bits per heavy atom. The van der Waals surface area contributed by atoms with Crippen molar-refractivity contribution in [1.29, 1.82) is 5.26 Å². The van der Waals surface area contributed by atoms with Crippen LogP contribution in [0.25, 0.3) is 11.8 Å². The van der Waals surface area contributed by atoms with Crippen LogP contribution in [0.2, 0.25) is 0 Å². The number of carbonyl (C=O) groups is 2. The maximum atomic E-state index is 13.0. The van der Waals surface area contributed by atoms with Crippen molar-refractivity contribution in [2.45, 2.75) is 20.5 Å². The summed E-state index contributed by atoms with van der Waals surface area (Å²) in [6, 6.07) is 28.2. The number of ether oxygens (including phenoxy) is 1. The highest BCUT2D eigenvalue weighted by atomic mass is 16.5. The van der Waals surface area contributed by atoms with Crippen molar-refractivity contribution in [2.75, 3.05) is 5.01 Å². The highest BCUT2D eigenvalue weighted by molar-refractivity contribution is 6.31. The zero-order valence-corrected chi connectivity index (χ0v) is 20.4. The number of hydrazine groups is 1. The standard InChI is InChI=1S/C30H24N4O3/c1-20-16-24(17-28-29(35)32-34(30(28)36)26-10-4-3-5-11-26)21(2)33(20)25-12-14-27(15-13-25)37-19-23-9-7-6-8-22(23)18-31/h3-17H,19H2,1-2H3,(H,32,35). The molecule has 7 heteroatoms. The number of aryl methyl sites for hydroxylation is 1. The van der Waals surface area contributed by atoms with E-state index in [1.54, 1.807) is 24.3 Å². The topological polar surface area (TPSA) is 87.4 Å². The Morgan fingerprint density at radius 2 is 1.62 bits per heavy atom. The van der Waals surface area contributed by atoms with Crippen LogP contribution in [0.15, 0.2) is 90.5 Å². The molecule has 2 heterocycles. The molecule has 1 aliphatic heterocycles. The average molecular weight is 489 g/mol. The van der Waals surface area contributed by atoms with Gasteiger partial charge in [-0.3, -0.25) is 15.0 Å². The number of nitrogens with zero attached hydrogens (tertiary/aromatic N) is 3. The highest BCUT2D eigenvalue weighted by Crippen LogP contribution is 2.27. The molecular formula is C30H24N4O3. The summed E-state index contributed by atoms with van der Waals surface area (Å²) in [6.07, 6.45) is 1.64. The van der Waals surface area contributed by atoms with Gasteiger partial charge in [-0.15, -0.1) is 0 Å². The number of rotatable bonds is 6. The third-order valence-electron chi connectivity index (χ3n) is 6.30. The van der Waals surface area contributed by atoms with E-state index in [-0.39, 0.29) is 11.5 Å². The molecule has 1 aliphatic rings. The van der Waals surface area contributed by atoms with E-state index >= 15 is 0 Å². The minimum Gasteiger partial charge on any atom is -0.489 e. The minimum absolute atomic E-state index is 0.0884. The lowest BCUT2D eigenvalue weighted by molar-refractivity contribution is -0.117. The third-order valence-corrected chi connectivity index (χ3v) is 6.30. The Hall–Kier alpha value is -5.09. The van der Waals surface area contributed by atoms with Crippen LogP contribution >= 0.6 is 0 Å². The first-order chi connectivity index (χ1) is 18.0. The van der Waals surface area contributed by atoms with Gasteiger partial charge in [0.2, 0.25) is 0 Å². The summed E-state index contributed by atoms with van der Waals surface area (Å²) in [5, 5.41) is 10.5. The zero-order valence-electron chi connectivity index (χ0n) is 20.4. The molecule has 0 saturated carbocycles. The zero-order chi connectivity index (χ0) is 25.9. The SMILES string of the molecule is Cc1cc(C=C2C(=O)NN(c3ccccc3)C2=O)c(C)n1-c1ccc(OCc2ccccc2C#N)cc1. The van der Waals surface area contributed by atoms with Gasteiger partial charge >= 0.3 is 0 Å². The van der Waals surface area contributed by atoms with Gasteiger partial charge in [-0.05, 0) is 74.0 Å². The number of benzene rings is 3. The van der Waals surface area contributed by atoms with Crippen LogP contribution in [-0.2, 0) is 16.2 Å². The van der Waals surface area contributed by atoms with Gasteiger partial charge in [-0.25, -0.2) is 5.01 Å². The Balaban J connectivity index is 1.36. The molecule has 3 aromatic carbocycles. The first kappa shape index (κ1) is 23.6. The molecule has 0 unspecified atom stereocenters. The number of amides is 2. The van der Waals surface area contributed by atoms with Gasteiger partial charge in [0, 0.05) is 22.6 Å². The van der Waals surface area contributed by atoms with Crippen molar-refractivity contribution in [3.05, 3.63) is 119 Å². The van der Waals surface area contributed by atoms with Crippen molar-refractivity contribution in [1.82, 2.24) is 9.99 Å². The van der Waals surface area contributed by atoms with Crippen molar-refractivity contribution >= 4 is 23.6 Å². The number of nitrogens with one attached hydrogen (secondary N) is 1. The van der Waals surface area contributed by atoms with E-state index in [1.807, 2.05) is 80.6 Å². The predicted octanol–water partition coefficient (Wildman–Crippen LogP) is 5.01. The van der Waals surface area contributed by atoms with Gasteiger partial charge in [0.1, 0.15) is 17.9 Å². The number of carbonyl (C=O) groups excluding carboxylic acids is 2. The van der Waals surface area contributed by atoms with E-state index in [1.165, 1.54) is 5.01 Å². The maximum absolute atomic E-state index is 13.0. The van der Waals surface area contributed by atoms with E-state index in [4.69, 9.17) is 4.74 Å². The largest absolute Gasteiger partial charge is 0.489 e. The fourth-order valence-electron chi connectivity index (χ4n) is 4.41. The van der Waals surface area contributed by atoms with Gasteiger partial charge in [0.25, 0.3) is 11.8 Å². The molecule has 0 radical (unpaired) electrons. The van der Waals surface area contributed by atoms with Crippen LogP contribution in [0.5, 0.6) is 5.75 Å². The second-order valence-corrected chi connectivity index (χ2v) is 8.69. The van der Waals surface area contributed by atoms with E-state index < -0.39 is 5.91 Å². The smallest absolute Gasteiger partial charge is 0.282 e. The normalized spacial score (nSPS) is 14.1. The summed E-state index contributed by atoms with van der Waals surface area (Å²) >= 11 is 0. The Kier molecular flexibility index (Phi) is 6.31. The van der Waals surface area contributed by atoms with E-state index in [0.717, 1.165) is 28.2 Å². The van der Waals surface area contributed by atoms with Gasteiger partial charge < -0.3 is 9.30 Å². The summed E-state index contributed by atoms with van der Waals surface area (Å²) < 4.78 is 7.96. The maximum Gasteiger partial charge on any atom is 0.282 e. The number of aromatic nitrogens is 1. The summed E-state index contributed by atoms with van der Waals surface area (Å²) in [4.78, 5) is 25.6. The predicted molar refractivity (Wildman–Crippen MR) is 141 cm³/mol. The van der Waals surface area contributed by atoms with Crippen LogP contribution < -0.4 is 15.2 Å². The van der Waals surface area contributed by atoms with Crippen LogP contribution in [0.1, 0.15) is 28.1 Å². The first-order valence-electron chi connectivity index (χ1n) is 11.8. The van der Waals surface area contributed by atoms with E-state index in [9.17, 15) is 14.9 Å². The van der Waals surface area contributed by atoms with Gasteiger partial charge in [-0.2, -0.15) is 5.26 Å². The molecule has 0 aliphatic carbocycles.